The Morgan fingerprint density at radius 3 is 2.93 bits per heavy atom. The summed E-state index contributed by atoms with van der Waals surface area (Å²) in [6.07, 6.45) is 0. The highest BCUT2D eigenvalue weighted by atomic mass is 79.9. The first-order valence-electron chi connectivity index (χ1n) is 4.21. The molecule has 0 amide bonds. The predicted octanol–water partition coefficient (Wildman–Crippen LogP) is 3.19. The average Bonchev–Trinajstić information content (AvgIpc) is 2.16. The minimum atomic E-state index is 0.662. The molecule has 0 radical (unpaired) electrons. The Balaban J connectivity index is 2.85. The van der Waals surface area contributed by atoms with Gasteiger partial charge in [0.05, 0.1) is 11.6 Å². The van der Waals surface area contributed by atoms with Gasteiger partial charge in [-0.15, -0.1) is 0 Å². The van der Waals surface area contributed by atoms with E-state index >= 15 is 0 Å². The Bertz CT molecular complexity index is 391. The largest absolute Gasteiger partial charge is 0.380 e. The van der Waals surface area contributed by atoms with Gasteiger partial charge in [0.25, 0.3) is 0 Å². The molecule has 1 rings (SSSR count). The quantitative estimate of drug-likeness (QED) is 0.895. The zero-order chi connectivity index (χ0) is 10.6. The average molecular weight is 251 g/mol. The summed E-state index contributed by atoms with van der Waals surface area (Å²) in [5.74, 6) is 0. The van der Waals surface area contributed by atoms with Gasteiger partial charge in [0.15, 0.2) is 0 Å². The molecule has 1 aromatic rings. The highest BCUT2D eigenvalue weighted by Crippen LogP contribution is 2.17. The molecule has 3 heteroatoms. The highest BCUT2D eigenvalue weighted by molar-refractivity contribution is 9.11. The third-order valence-electron chi connectivity index (χ3n) is 1.84. The van der Waals surface area contributed by atoms with Gasteiger partial charge in [-0.25, -0.2) is 0 Å². The summed E-state index contributed by atoms with van der Waals surface area (Å²) < 4.78 is 0.888. The third kappa shape index (κ3) is 2.90. The van der Waals surface area contributed by atoms with E-state index in [0.717, 1.165) is 15.7 Å². The Morgan fingerprint density at radius 1 is 1.64 bits per heavy atom. The van der Waals surface area contributed by atoms with E-state index in [9.17, 15) is 0 Å². The summed E-state index contributed by atoms with van der Waals surface area (Å²) in [4.78, 5) is 0. The molecule has 1 aromatic carbocycles. The molecule has 0 bridgehead atoms. The van der Waals surface area contributed by atoms with Crippen molar-refractivity contribution in [3.8, 4) is 6.07 Å². The Labute approximate surface area is 92.4 Å². The highest BCUT2D eigenvalue weighted by Gasteiger charge is 1.99. The van der Waals surface area contributed by atoms with Gasteiger partial charge in [-0.2, -0.15) is 5.26 Å². The Kier molecular flexibility index (Phi) is 3.73. The number of hydrogen-bond donors (Lipinski definition) is 1. The van der Waals surface area contributed by atoms with Crippen LogP contribution in [0.4, 0.5) is 5.69 Å². The molecule has 0 saturated heterocycles. The summed E-state index contributed by atoms with van der Waals surface area (Å²) in [7, 11) is 0. The standard InChI is InChI=1S/C11H11BrN2/c1-8-3-4-10(6-13)5-11(8)14-7-9(2)12/h3-5,14H,2,7H2,1H3. The van der Waals surface area contributed by atoms with Crippen molar-refractivity contribution in [2.75, 3.05) is 11.9 Å². The summed E-state index contributed by atoms with van der Waals surface area (Å²) in [6, 6.07) is 7.68. The number of nitrogens with zero attached hydrogens (tertiary/aromatic N) is 1. The summed E-state index contributed by atoms with van der Waals surface area (Å²) >= 11 is 3.27. The molecular formula is C11H11BrN2. The van der Waals surface area contributed by atoms with Crippen LogP contribution >= 0.6 is 15.9 Å². The molecule has 72 valence electrons. The lowest BCUT2D eigenvalue weighted by Crippen LogP contribution is -2.02. The second-order valence-corrected chi connectivity index (χ2v) is 4.13. The molecule has 0 aliphatic rings. The molecule has 0 aromatic heterocycles. The summed E-state index contributed by atoms with van der Waals surface area (Å²) in [6.45, 7) is 6.39. The van der Waals surface area contributed by atoms with E-state index < -0.39 is 0 Å². The first-order valence-corrected chi connectivity index (χ1v) is 5.00. The second kappa shape index (κ2) is 4.83. The van der Waals surface area contributed by atoms with E-state index in [-0.39, 0.29) is 0 Å². The van der Waals surface area contributed by atoms with Crippen LogP contribution in [0.1, 0.15) is 11.1 Å². The van der Waals surface area contributed by atoms with E-state index in [1.807, 2.05) is 25.1 Å². The number of rotatable bonds is 3. The zero-order valence-corrected chi connectivity index (χ0v) is 9.56. The van der Waals surface area contributed by atoms with Gasteiger partial charge in [-0.05, 0) is 24.6 Å². The molecular weight excluding hydrogens is 240 g/mol. The number of benzene rings is 1. The van der Waals surface area contributed by atoms with Gasteiger partial charge in [0.2, 0.25) is 0 Å². The van der Waals surface area contributed by atoms with Crippen molar-refractivity contribution in [3.05, 3.63) is 40.4 Å². The number of hydrogen-bond acceptors (Lipinski definition) is 2. The van der Waals surface area contributed by atoms with E-state index in [4.69, 9.17) is 5.26 Å². The molecule has 0 spiro atoms. The van der Waals surface area contributed by atoms with E-state index in [2.05, 4.69) is 33.9 Å². The van der Waals surface area contributed by atoms with Gasteiger partial charge < -0.3 is 5.32 Å². The maximum atomic E-state index is 8.73. The van der Waals surface area contributed by atoms with Gasteiger partial charge in [-0.1, -0.05) is 28.6 Å². The van der Waals surface area contributed by atoms with Crippen LogP contribution in [-0.2, 0) is 0 Å². The van der Waals surface area contributed by atoms with Gasteiger partial charge >= 0.3 is 0 Å². The smallest absolute Gasteiger partial charge is 0.0992 e. The van der Waals surface area contributed by atoms with Gasteiger partial charge in [0.1, 0.15) is 0 Å². The second-order valence-electron chi connectivity index (χ2n) is 3.01. The van der Waals surface area contributed by atoms with Crippen LogP contribution in [0.25, 0.3) is 0 Å². The van der Waals surface area contributed by atoms with Crippen LogP contribution in [-0.4, -0.2) is 6.54 Å². The number of halogens is 1. The SMILES string of the molecule is C=C(Br)CNc1cc(C#N)ccc1C. The van der Waals surface area contributed by atoms with E-state index in [0.29, 0.717) is 12.1 Å². The number of nitrogens with one attached hydrogen (secondary N) is 1. The third-order valence-corrected chi connectivity index (χ3v) is 2.12. The van der Waals surface area contributed by atoms with Crippen molar-refractivity contribution in [1.82, 2.24) is 0 Å². The number of anilines is 1. The molecule has 0 unspecified atom stereocenters. The molecule has 0 aliphatic carbocycles. The molecule has 14 heavy (non-hydrogen) atoms. The van der Waals surface area contributed by atoms with E-state index in [1.54, 1.807) is 0 Å². The topological polar surface area (TPSA) is 35.8 Å². The van der Waals surface area contributed by atoms with Gasteiger partial charge in [0, 0.05) is 16.7 Å². The maximum absolute atomic E-state index is 8.73. The van der Waals surface area contributed by atoms with Crippen LogP contribution in [0.15, 0.2) is 29.3 Å². The lowest BCUT2D eigenvalue weighted by atomic mass is 10.1. The molecule has 0 fully saturated rings. The molecule has 1 N–H and O–H groups in total. The Morgan fingerprint density at radius 2 is 2.36 bits per heavy atom. The van der Waals surface area contributed by atoms with Crippen molar-refractivity contribution < 1.29 is 0 Å². The predicted molar refractivity (Wildman–Crippen MR) is 62.5 cm³/mol. The lowest BCUT2D eigenvalue weighted by Gasteiger charge is -2.08. The molecule has 0 heterocycles. The fraction of sp³-hybridized carbons (Fsp3) is 0.182. The number of aryl methyl sites for hydroxylation is 1. The first kappa shape index (κ1) is 10.8. The fourth-order valence-corrected chi connectivity index (χ4v) is 1.21. The van der Waals surface area contributed by atoms with Crippen molar-refractivity contribution in [2.45, 2.75) is 6.92 Å². The van der Waals surface area contributed by atoms with Crippen LogP contribution in [0.5, 0.6) is 0 Å². The molecule has 2 nitrogen and oxygen atoms in total. The van der Waals surface area contributed by atoms with Crippen molar-refractivity contribution >= 4 is 21.6 Å². The summed E-state index contributed by atoms with van der Waals surface area (Å²) in [5.41, 5.74) is 2.76. The van der Waals surface area contributed by atoms with Gasteiger partial charge in [-0.3, -0.25) is 0 Å². The minimum absolute atomic E-state index is 0.662. The van der Waals surface area contributed by atoms with Crippen molar-refractivity contribution in [1.29, 1.82) is 5.26 Å². The van der Waals surface area contributed by atoms with Crippen LogP contribution in [0, 0.1) is 18.3 Å². The number of nitriles is 1. The Hall–Kier alpha value is -1.27. The lowest BCUT2D eigenvalue weighted by molar-refractivity contribution is 1.29. The van der Waals surface area contributed by atoms with Crippen LogP contribution < -0.4 is 5.32 Å². The minimum Gasteiger partial charge on any atom is -0.380 e. The first-order chi connectivity index (χ1) is 6.63. The monoisotopic (exact) mass is 250 g/mol. The van der Waals surface area contributed by atoms with Crippen molar-refractivity contribution in [3.63, 3.8) is 0 Å². The maximum Gasteiger partial charge on any atom is 0.0992 e. The van der Waals surface area contributed by atoms with Crippen LogP contribution in [0.3, 0.4) is 0 Å². The van der Waals surface area contributed by atoms with E-state index in [1.165, 1.54) is 0 Å². The van der Waals surface area contributed by atoms with Crippen molar-refractivity contribution in [2.24, 2.45) is 0 Å². The molecule has 0 aliphatic heterocycles. The molecule has 0 atom stereocenters. The fourth-order valence-electron chi connectivity index (χ4n) is 1.07. The zero-order valence-electron chi connectivity index (χ0n) is 7.97. The normalized spacial score (nSPS) is 9.21. The summed E-state index contributed by atoms with van der Waals surface area (Å²) in [5, 5.41) is 11.9. The molecule has 0 saturated carbocycles. The van der Waals surface area contributed by atoms with Crippen LogP contribution in [0.2, 0.25) is 0 Å².